The Balaban J connectivity index is 2.24. The second-order valence-corrected chi connectivity index (χ2v) is 6.18. The van der Waals surface area contributed by atoms with E-state index in [4.69, 9.17) is 11.6 Å². The number of rotatable bonds is 3. The Morgan fingerprint density at radius 3 is 2.46 bits per heavy atom. The fraction of sp³-hybridized carbons (Fsp3) is 0.294. The van der Waals surface area contributed by atoms with Gasteiger partial charge in [0, 0.05) is 5.69 Å². The maximum atomic E-state index is 11.6. The number of hydrogen-bond acceptors (Lipinski definition) is 4. The molecule has 0 fully saturated rings. The quantitative estimate of drug-likeness (QED) is 0.741. The van der Waals surface area contributed by atoms with Crippen LogP contribution in [-0.2, 0) is 4.79 Å². The van der Waals surface area contributed by atoms with Crippen molar-refractivity contribution in [2.75, 3.05) is 11.2 Å². The van der Waals surface area contributed by atoms with Gasteiger partial charge in [0.25, 0.3) is 0 Å². The average molecular weight is 344 g/mol. The van der Waals surface area contributed by atoms with E-state index in [1.807, 2.05) is 20.8 Å². The summed E-state index contributed by atoms with van der Waals surface area (Å²) >= 11 is 5.58. The lowest BCUT2D eigenvalue weighted by Crippen LogP contribution is -2.13. The number of amides is 1. The van der Waals surface area contributed by atoms with Gasteiger partial charge in [0.2, 0.25) is 5.91 Å². The lowest BCUT2D eigenvalue weighted by Gasteiger charge is -2.11. The molecular weight excluding hydrogens is 326 g/mol. The number of aromatic nitrogens is 4. The summed E-state index contributed by atoms with van der Waals surface area (Å²) in [5.74, 6) is -0.409. The molecule has 0 aliphatic carbocycles. The van der Waals surface area contributed by atoms with Gasteiger partial charge in [-0.3, -0.25) is 4.79 Å². The Kier molecular flexibility index (Phi) is 4.24. The molecule has 0 atom stereocenters. The van der Waals surface area contributed by atoms with Gasteiger partial charge in [0.05, 0.1) is 11.4 Å². The van der Waals surface area contributed by atoms with Crippen LogP contribution in [0.25, 0.3) is 16.9 Å². The molecule has 124 valence electrons. The average Bonchev–Trinajstić information content (AvgIpc) is 2.90. The molecule has 3 aromatic rings. The number of carbonyl (C=O) groups is 1. The highest BCUT2D eigenvalue weighted by Gasteiger charge is 2.17. The van der Waals surface area contributed by atoms with E-state index < -0.39 is 0 Å². The fourth-order valence-corrected chi connectivity index (χ4v) is 3.03. The monoisotopic (exact) mass is 343 g/mol. The van der Waals surface area contributed by atoms with E-state index in [0.29, 0.717) is 16.9 Å². The fourth-order valence-electron chi connectivity index (χ4n) is 2.96. The van der Waals surface area contributed by atoms with Gasteiger partial charge >= 0.3 is 0 Å². The highest BCUT2D eigenvalue weighted by atomic mass is 35.5. The molecule has 0 unspecified atom stereocenters. The van der Waals surface area contributed by atoms with Crippen LogP contribution in [0, 0.1) is 27.7 Å². The SMILES string of the molecule is Cc1cc(C)c(-n2nnc3c(NC(=O)CCl)cc(C)nc32)c(C)c1. The molecular formula is C17H18ClN5O. The van der Waals surface area contributed by atoms with E-state index in [1.54, 1.807) is 10.7 Å². The molecule has 24 heavy (non-hydrogen) atoms. The standard InChI is InChI=1S/C17H18ClN5O/c1-9-5-10(2)16(11(3)6-9)23-17-15(21-22-23)13(7-12(4)19-17)20-14(24)8-18/h5-7H,8H2,1-4H3,(H,19,20,24). The van der Waals surface area contributed by atoms with Crippen LogP contribution >= 0.6 is 11.6 Å². The molecule has 2 aromatic heterocycles. The van der Waals surface area contributed by atoms with Crippen LogP contribution in [0.3, 0.4) is 0 Å². The van der Waals surface area contributed by atoms with Crippen molar-refractivity contribution in [3.8, 4) is 5.69 Å². The van der Waals surface area contributed by atoms with Crippen molar-refractivity contribution < 1.29 is 4.79 Å². The summed E-state index contributed by atoms with van der Waals surface area (Å²) < 4.78 is 1.72. The van der Waals surface area contributed by atoms with Gasteiger partial charge in [-0.2, -0.15) is 4.68 Å². The molecule has 0 radical (unpaired) electrons. The van der Waals surface area contributed by atoms with E-state index in [-0.39, 0.29) is 11.8 Å². The Morgan fingerprint density at radius 2 is 1.83 bits per heavy atom. The zero-order valence-corrected chi connectivity index (χ0v) is 14.8. The Bertz CT molecular complexity index is 925. The van der Waals surface area contributed by atoms with E-state index in [9.17, 15) is 4.79 Å². The molecule has 0 spiro atoms. The van der Waals surface area contributed by atoms with Gasteiger partial charge in [-0.1, -0.05) is 22.9 Å². The first kappa shape index (κ1) is 16.4. The number of fused-ring (bicyclic) bond motifs is 1. The van der Waals surface area contributed by atoms with Crippen LogP contribution in [0.1, 0.15) is 22.4 Å². The van der Waals surface area contributed by atoms with Gasteiger partial charge in [0.1, 0.15) is 5.88 Å². The predicted molar refractivity (Wildman–Crippen MR) is 95.0 cm³/mol. The first-order chi connectivity index (χ1) is 11.4. The zero-order chi connectivity index (χ0) is 17.4. The summed E-state index contributed by atoms with van der Waals surface area (Å²) in [6.07, 6.45) is 0. The molecule has 2 heterocycles. The first-order valence-electron chi connectivity index (χ1n) is 7.58. The molecule has 3 rings (SSSR count). The molecule has 1 N–H and O–H groups in total. The van der Waals surface area contributed by atoms with Gasteiger partial charge in [-0.15, -0.1) is 16.7 Å². The van der Waals surface area contributed by atoms with Gasteiger partial charge in [0.15, 0.2) is 11.2 Å². The van der Waals surface area contributed by atoms with Crippen LogP contribution < -0.4 is 5.32 Å². The Morgan fingerprint density at radius 1 is 1.17 bits per heavy atom. The van der Waals surface area contributed by atoms with Crippen LogP contribution in [0.15, 0.2) is 18.2 Å². The number of halogens is 1. The lowest BCUT2D eigenvalue weighted by atomic mass is 10.1. The molecule has 1 aromatic carbocycles. The van der Waals surface area contributed by atoms with E-state index >= 15 is 0 Å². The number of carbonyl (C=O) groups excluding carboxylic acids is 1. The normalized spacial score (nSPS) is 11.0. The van der Waals surface area contributed by atoms with Crippen LogP contribution in [0.5, 0.6) is 0 Å². The highest BCUT2D eigenvalue weighted by molar-refractivity contribution is 6.29. The van der Waals surface area contributed by atoms with Crippen molar-refractivity contribution in [1.82, 2.24) is 20.0 Å². The van der Waals surface area contributed by atoms with Crippen LogP contribution in [0.4, 0.5) is 5.69 Å². The summed E-state index contributed by atoms with van der Waals surface area (Å²) in [4.78, 5) is 16.2. The first-order valence-corrected chi connectivity index (χ1v) is 8.11. The molecule has 0 aliphatic heterocycles. The van der Waals surface area contributed by atoms with Crippen molar-refractivity contribution in [3.63, 3.8) is 0 Å². The minimum Gasteiger partial charge on any atom is -0.323 e. The molecule has 1 amide bonds. The van der Waals surface area contributed by atoms with Crippen molar-refractivity contribution in [3.05, 3.63) is 40.6 Å². The van der Waals surface area contributed by atoms with Crippen LogP contribution in [0.2, 0.25) is 0 Å². The maximum absolute atomic E-state index is 11.6. The molecule has 0 saturated heterocycles. The van der Waals surface area contributed by atoms with Crippen LogP contribution in [-0.4, -0.2) is 31.8 Å². The smallest absolute Gasteiger partial charge is 0.239 e. The third-order valence-electron chi connectivity index (χ3n) is 3.78. The topological polar surface area (TPSA) is 72.7 Å². The third kappa shape index (κ3) is 2.85. The maximum Gasteiger partial charge on any atom is 0.239 e. The number of nitrogens with zero attached hydrogens (tertiary/aromatic N) is 4. The Labute approximate surface area is 144 Å². The third-order valence-corrected chi connectivity index (χ3v) is 4.02. The van der Waals surface area contributed by atoms with Crippen molar-refractivity contribution >= 4 is 34.4 Å². The van der Waals surface area contributed by atoms with Crippen molar-refractivity contribution in [1.29, 1.82) is 0 Å². The molecule has 0 bridgehead atoms. The van der Waals surface area contributed by atoms with Gasteiger partial charge in [-0.25, -0.2) is 4.98 Å². The second-order valence-electron chi connectivity index (χ2n) is 5.91. The van der Waals surface area contributed by atoms with E-state index in [1.165, 1.54) is 5.56 Å². The molecule has 6 nitrogen and oxygen atoms in total. The second kappa shape index (κ2) is 6.20. The number of alkyl halides is 1. The van der Waals surface area contributed by atoms with Crippen molar-refractivity contribution in [2.24, 2.45) is 0 Å². The molecule has 0 saturated carbocycles. The summed E-state index contributed by atoms with van der Waals surface area (Å²) in [5, 5.41) is 11.2. The number of anilines is 1. The highest BCUT2D eigenvalue weighted by Crippen LogP contribution is 2.26. The summed E-state index contributed by atoms with van der Waals surface area (Å²) in [6, 6.07) is 5.96. The zero-order valence-electron chi connectivity index (χ0n) is 14.0. The molecule has 0 aliphatic rings. The minimum absolute atomic E-state index is 0.118. The van der Waals surface area contributed by atoms with E-state index in [0.717, 1.165) is 22.5 Å². The number of hydrogen-bond donors (Lipinski definition) is 1. The molecule has 7 heteroatoms. The van der Waals surface area contributed by atoms with E-state index in [2.05, 4.69) is 39.7 Å². The summed E-state index contributed by atoms with van der Waals surface area (Å²) in [6.45, 7) is 8.00. The Hall–Kier alpha value is -2.47. The number of pyridine rings is 1. The predicted octanol–water partition coefficient (Wildman–Crippen LogP) is 3.23. The number of aryl methyl sites for hydroxylation is 4. The lowest BCUT2D eigenvalue weighted by molar-refractivity contribution is -0.113. The number of nitrogens with one attached hydrogen (secondary N) is 1. The minimum atomic E-state index is -0.291. The van der Waals surface area contributed by atoms with Crippen molar-refractivity contribution in [2.45, 2.75) is 27.7 Å². The van der Waals surface area contributed by atoms with Gasteiger partial charge < -0.3 is 5.32 Å². The summed E-state index contributed by atoms with van der Waals surface area (Å²) in [5.41, 5.74) is 6.81. The summed E-state index contributed by atoms with van der Waals surface area (Å²) in [7, 11) is 0. The van der Waals surface area contributed by atoms with Gasteiger partial charge in [-0.05, 0) is 44.9 Å². The number of benzene rings is 1. The largest absolute Gasteiger partial charge is 0.323 e.